The van der Waals surface area contributed by atoms with Crippen LogP contribution in [0.2, 0.25) is 0 Å². The zero-order valence-corrected chi connectivity index (χ0v) is 9.87. The molecule has 2 aliphatic heterocycles. The van der Waals surface area contributed by atoms with Crippen molar-refractivity contribution >= 4 is 0 Å². The Morgan fingerprint density at radius 3 is 2.93 bits per heavy atom. The number of nitrogens with one attached hydrogen (secondary N) is 1. The maximum atomic E-state index is 5.50. The smallest absolute Gasteiger partial charge is 0.0480 e. The minimum Gasteiger partial charge on any atom is -0.381 e. The van der Waals surface area contributed by atoms with Gasteiger partial charge in [-0.2, -0.15) is 0 Å². The topological polar surface area (TPSA) is 24.5 Å². The standard InChI is InChI=1S/C12H24N2O/c1-14(10-11-4-2-7-13-11)12-5-3-8-15-9-6-12/h11-13H,2-10H2,1H3. The average molecular weight is 212 g/mol. The molecule has 0 bridgehead atoms. The van der Waals surface area contributed by atoms with E-state index in [2.05, 4.69) is 17.3 Å². The van der Waals surface area contributed by atoms with E-state index in [1.54, 1.807) is 0 Å². The fourth-order valence-electron chi connectivity index (χ4n) is 2.74. The molecule has 1 N–H and O–H groups in total. The summed E-state index contributed by atoms with van der Waals surface area (Å²) >= 11 is 0. The quantitative estimate of drug-likeness (QED) is 0.762. The first-order chi connectivity index (χ1) is 7.36. The lowest BCUT2D eigenvalue weighted by atomic mass is 10.1. The summed E-state index contributed by atoms with van der Waals surface area (Å²) in [5.74, 6) is 0. The molecule has 15 heavy (non-hydrogen) atoms. The van der Waals surface area contributed by atoms with Crippen LogP contribution in [0.25, 0.3) is 0 Å². The molecule has 2 heterocycles. The average Bonchev–Trinajstić information content (AvgIpc) is 2.58. The van der Waals surface area contributed by atoms with Crippen LogP contribution in [0.3, 0.4) is 0 Å². The largest absolute Gasteiger partial charge is 0.381 e. The van der Waals surface area contributed by atoms with Gasteiger partial charge in [-0.1, -0.05) is 0 Å². The number of nitrogens with zero attached hydrogens (tertiary/aromatic N) is 1. The van der Waals surface area contributed by atoms with Gasteiger partial charge in [-0.05, 0) is 45.7 Å². The van der Waals surface area contributed by atoms with Crippen molar-refractivity contribution < 1.29 is 4.74 Å². The summed E-state index contributed by atoms with van der Waals surface area (Å²) in [6.07, 6.45) is 6.46. The monoisotopic (exact) mass is 212 g/mol. The van der Waals surface area contributed by atoms with Gasteiger partial charge in [0.05, 0.1) is 0 Å². The van der Waals surface area contributed by atoms with E-state index in [0.29, 0.717) is 0 Å². The molecule has 2 saturated heterocycles. The number of hydrogen-bond acceptors (Lipinski definition) is 3. The third-order valence-electron chi connectivity index (χ3n) is 3.72. The SMILES string of the molecule is CN(CC1CCCN1)C1CCCOCC1. The highest BCUT2D eigenvalue weighted by atomic mass is 16.5. The van der Waals surface area contributed by atoms with Crippen molar-refractivity contribution in [2.75, 3.05) is 33.4 Å². The van der Waals surface area contributed by atoms with Gasteiger partial charge >= 0.3 is 0 Å². The third kappa shape index (κ3) is 3.44. The van der Waals surface area contributed by atoms with Crippen LogP contribution in [0, 0.1) is 0 Å². The van der Waals surface area contributed by atoms with Crippen molar-refractivity contribution in [3.05, 3.63) is 0 Å². The van der Waals surface area contributed by atoms with E-state index in [1.807, 2.05) is 0 Å². The molecule has 2 aliphatic rings. The summed E-state index contributed by atoms with van der Waals surface area (Å²) in [5.41, 5.74) is 0. The van der Waals surface area contributed by atoms with Crippen molar-refractivity contribution in [3.63, 3.8) is 0 Å². The summed E-state index contributed by atoms with van der Waals surface area (Å²) in [5, 5.41) is 3.57. The zero-order valence-electron chi connectivity index (χ0n) is 9.87. The van der Waals surface area contributed by atoms with Crippen LogP contribution >= 0.6 is 0 Å². The number of ether oxygens (including phenoxy) is 1. The van der Waals surface area contributed by atoms with E-state index >= 15 is 0 Å². The predicted octanol–water partition coefficient (Wildman–Crippen LogP) is 1.24. The van der Waals surface area contributed by atoms with Gasteiger partial charge in [0.25, 0.3) is 0 Å². The molecule has 0 aromatic carbocycles. The zero-order chi connectivity index (χ0) is 10.5. The van der Waals surface area contributed by atoms with E-state index in [1.165, 1.54) is 45.2 Å². The molecule has 0 spiro atoms. The van der Waals surface area contributed by atoms with Gasteiger partial charge in [0.1, 0.15) is 0 Å². The lowest BCUT2D eigenvalue weighted by Crippen LogP contribution is -2.41. The molecule has 0 aromatic heterocycles. The van der Waals surface area contributed by atoms with Gasteiger partial charge in [0.2, 0.25) is 0 Å². The van der Waals surface area contributed by atoms with E-state index in [9.17, 15) is 0 Å². The Kier molecular flexibility index (Phi) is 4.42. The Morgan fingerprint density at radius 1 is 1.20 bits per heavy atom. The molecular formula is C12H24N2O. The summed E-state index contributed by atoms with van der Waals surface area (Å²) < 4.78 is 5.50. The molecule has 3 heteroatoms. The molecule has 2 fully saturated rings. The molecule has 2 atom stereocenters. The fraction of sp³-hybridized carbons (Fsp3) is 1.00. The van der Waals surface area contributed by atoms with Crippen LogP contribution in [0.4, 0.5) is 0 Å². The third-order valence-corrected chi connectivity index (χ3v) is 3.72. The fourth-order valence-corrected chi connectivity index (χ4v) is 2.74. The van der Waals surface area contributed by atoms with Crippen LogP contribution in [0.5, 0.6) is 0 Å². The van der Waals surface area contributed by atoms with Crippen LogP contribution in [0.1, 0.15) is 32.1 Å². The molecule has 2 rings (SSSR count). The first-order valence-electron chi connectivity index (χ1n) is 6.37. The Bertz CT molecular complexity index is 172. The summed E-state index contributed by atoms with van der Waals surface area (Å²) in [6.45, 7) is 4.34. The van der Waals surface area contributed by atoms with Gasteiger partial charge in [-0.15, -0.1) is 0 Å². The number of rotatable bonds is 3. The molecule has 0 saturated carbocycles. The van der Waals surface area contributed by atoms with Gasteiger partial charge < -0.3 is 15.0 Å². The predicted molar refractivity (Wildman–Crippen MR) is 62.1 cm³/mol. The lowest BCUT2D eigenvalue weighted by molar-refractivity contribution is 0.133. The second kappa shape index (κ2) is 5.83. The van der Waals surface area contributed by atoms with Crippen molar-refractivity contribution in [1.82, 2.24) is 10.2 Å². The molecule has 0 aliphatic carbocycles. The highest BCUT2D eigenvalue weighted by molar-refractivity contribution is 4.80. The van der Waals surface area contributed by atoms with E-state index < -0.39 is 0 Å². The van der Waals surface area contributed by atoms with Crippen LogP contribution in [-0.2, 0) is 4.74 Å². The van der Waals surface area contributed by atoms with Crippen molar-refractivity contribution in [3.8, 4) is 0 Å². The van der Waals surface area contributed by atoms with Crippen molar-refractivity contribution in [2.24, 2.45) is 0 Å². The molecular weight excluding hydrogens is 188 g/mol. The van der Waals surface area contributed by atoms with Gasteiger partial charge in [0.15, 0.2) is 0 Å². The Labute approximate surface area is 93.2 Å². The van der Waals surface area contributed by atoms with Gasteiger partial charge in [0, 0.05) is 31.8 Å². The number of likely N-dealkylation sites (N-methyl/N-ethyl adjacent to an activating group) is 1. The lowest BCUT2D eigenvalue weighted by Gasteiger charge is -2.29. The van der Waals surface area contributed by atoms with Crippen molar-refractivity contribution in [1.29, 1.82) is 0 Å². The molecule has 0 radical (unpaired) electrons. The van der Waals surface area contributed by atoms with Crippen molar-refractivity contribution in [2.45, 2.75) is 44.2 Å². The Balaban J connectivity index is 1.74. The molecule has 0 amide bonds. The summed E-state index contributed by atoms with van der Waals surface area (Å²) in [4.78, 5) is 2.54. The van der Waals surface area contributed by atoms with Gasteiger partial charge in [-0.3, -0.25) is 0 Å². The second-order valence-corrected chi connectivity index (χ2v) is 4.93. The normalized spacial score (nSPS) is 33.2. The van der Waals surface area contributed by atoms with Crippen LogP contribution < -0.4 is 5.32 Å². The number of hydrogen-bond donors (Lipinski definition) is 1. The minimum atomic E-state index is 0.735. The first kappa shape index (κ1) is 11.4. The van der Waals surface area contributed by atoms with E-state index in [-0.39, 0.29) is 0 Å². The summed E-state index contributed by atoms with van der Waals surface area (Å²) in [6, 6.07) is 1.48. The molecule has 2 unspecified atom stereocenters. The van der Waals surface area contributed by atoms with E-state index in [0.717, 1.165) is 25.3 Å². The van der Waals surface area contributed by atoms with Gasteiger partial charge in [-0.25, -0.2) is 0 Å². The molecule has 0 aromatic rings. The molecule has 3 nitrogen and oxygen atoms in total. The van der Waals surface area contributed by atoms with E-state index in [4.69, 9.17) is 4.74 Å². The van der Waals surface area contributed by atoms with Crippen LogP contribution in [-0.4, -0.2) is 50.3 Å². The first-order valence-corrected chi connectivity index (χ1v) is 6.37. The Morgan fingerprint density at radius 2 is 2.13 bits per heavy atom. The molecule has 88 valence electrons. The minimum absolute atomic E-state index is 0.735. The van der Waals surface area contributed by atoms with Crippen LogP contribution in [0.15, 0.2) is 0 Å². The maximum Gasteiger partial charge on any atom is 0.0480 e. The summed E-state index contributed by atoms with van der Waals surface area (Å²) in [7, 11) is 2.27. The highest BCUT2D eigenvalue weighted by Gasteiger charge is 2.21. The second-order valence-electron chi connectivity index (χ2n) is 4.93. The Hall–Kier alpha value is -0.120. The maximum absolute atomic E-state index is 5.50. The highest BCUT2D eigenvalue weighted by Crippen LogP contribution is 2.15.